The third kappa shape index (κ3) is 5.95. The summed E-state index contributed by atoms with van der Waals surface area (Å²) in [4.78, 5) is 33.2. The van der Waals surface area contributed by atoms with Crippen LogP contribution in [0.25, 0.3) is 0 Å². The minimum Gasteiger partial charge on any atom is -0.487 e. The van der Waals surface area contributed by atoms with Gasteiger partial charge in [-0.2, -0.15) is 13.2 Å². The molecular formula is C32H32F3N5O5. The van der Waals surface area contributed by atoms with Gasteiger partial charge in [0.05, 0.1) is 24.1 Å². The summed E-state index contributed by atoms with van der Waals surface area (Å²) in [5, 5.41) is 14.7. The summed E-state index contributed by atoms with van der Waals surface area (Å²) in [6.07, 6.45) is -2.51. The molecule has 0 radical (unpaired) electrons. The highest BCUT2D eigenvalue weighted by atomic mass is 19.4. The molecule has 1 saturated carbocycles. The lowest BCUT2D eigenvalue weighted by Gasteiger charge is -2.34. The van der Waals surface area contributed by atoms with Crippen LogP contribution in [0, 0.1) is 0 Å². The summed E-state index contributed by atoms with van der Waals surface area (Å²) in [5.41, 5.74) is 0.916. The Labute approximate surface area is 257 Å². The molecule has 45 heavy (non-hydrogen) atoms. The lowest BCUT2D eigenvalue weighted by molar-refractivity contribution is -0.138. The number of nitrogens with one attached hydrogen (secondary N) is 2. The van der Waals surface area contributed by atoms with Crippen LogP contribution in [0.2, 0.25) is 0 Å². The molecule has 0 spiro atoms. The maximum absolute atomic E-state index is 14.1. The van der Waals surface area contributed by atoms with E-state index in [1.165, 1.54) is 12.1 Å². The Morgan fingerprint density at radius 3 is 2.67 bits per heavy atom. The highest BCUT2D eigenvalue weighted by Gasteiger charge is 2.59. The molecule has 10 nitrogen and oxygen atoms in total. The molecule has 4 heterocycles. The largest absolute Gasteiger partial charge is 0.487 e. The molecule has 13 heteroatoms. The first-order chi connectivity index (χ1) is 21.7. The van der Waals surface area contributed by atoms with E-state index in [9.17, 15) is 22.8 Å². The minimum absolute atomic E-state index is 0.0505. The highest BCUT2D eigenvalue weighted by molar-refractivity contribution is 5.95. The number of β-amino-alcohol motifs (C(OH)–C–C–N with tert-alkyl or cyclic N) is 1. The topological polar surface area (TPSA) is 116 Å². The molecule has 3 N–H and O–H groups in total. The van der Waals surface area contributed by atoms with E-state index >= 15 is 0 Å². The second-order valence-corrected chi connectivity index (χ2v) is 11.8. The van der Waals surface area contributed by atoms with Crippen LogP contribution in [-0.4, -0.2) is 83.2 Å². The summed E-state index contributed by atoms with van der Waals surface area (Å²) in [6, 6.07) is 10.6. The molecule has 1 aliphatic carbocycles. The van der Waals surface area contributed by atoms with E-state index < -0.39 is 17.6 Å². The van der Waals surface area contributed by atoms with E-state index in [0.29, 0.717) is 68.6 Å². The van der Waals surface area contributed by atoms with Crippen molar-refractivity contribution in [2.45, 2.75) is 43.6 Å². The normalized spacial score (nSPS) is 22.5. The zero-order valence-electron chi connectivity index (χ0n) is 24.3. The van der Waals surface area contributed by atoms with Crippen LogP contribution < -0.4 is 20.1 Å². The number of anilines is 1. The number of aliphatic hydroxyl groups excluding tert-OH is 1. The molecule has 0 bridgehead atoms. The maximum atomic E-state index is 14.1. The van der Waals surface area contributed by atoms with Crippen molar-refractivity contribution in [3.05, 3.63) is 76.5 Å². The molecule has 2 fully saturated rings. The predicted octanol–water partition coefficient (Wildman–Crippen LogP) is 3.54. The molecule has 4 aliphatic rings. The molecule has 0 unspecified atom stereocenters. The van der Waals surface area contributed by atoms with Crippen molar-refractivity contribution < 1.29 is 37.3 Å². The van der Waals surface area contributed by atoms with Crippen molar-refractivity contribution in [1.82, 2.24) is 20.1 Å². The standard InChI is InChI=1S/C32H32F3N5O5/c33-32(34,35)23-15-18(1-2-19(23)17-40-11-9-39(10-12-40)13-14-41)31(43)38-28-27-22-16-20(3-5-24(22)45-29(27)28)44-25-7-8-36-30-21(25)4-6-26(42)37-30/h1-3,5,7-8,15-16,27-29,41H,4,6,9-14,17H2,(H,38,43)(H,36,37,42)/t27-,28+,29-/m0/s1. The van der Waals surface area contributed by atoms with Gasteiger partial charge in [0.2, 0.25) is 5.91 Å². The number of pyridine rings is 1. The number of rotatable bonds is 8. The third-order valence-corrected chi connectivity index (χ3v) is 8.91. The maximum Gasteiger partial charge on any atom is 0.416 e. The molecule has 2 aromatic carbocycles. The second kappa shape index (κ2) is 11.6. The van der Waals surface area contributed by atoms with Gasteiger partial charge in [-0.25, -0.2) is 4.98 Å². The van der Waals surface area contributed by atoms with Crippen LogP contribution in [-0.2, 0) is 23.9 Å². The average Bonchev–Trinajstić information content (AvgIpc) is 3.53. The number of piperazine rings is 1. The van der Waals surface area contributed by atoms with Crippen molar-refractivity contribution in [3.8, 4) is 17.2 Å². The predicted molar refractivity (Wildman–Crippen MR) is 156 cm³/mol. The summed E-state index contributed by atoms with van der Waals surface area (Å²) in [5.74, 6) is 1.47. The third-order valence-electron chi connectivity index (χ3n) is 8.91. The van der Waals surface area contributed by atoms with Crippen LogP contribution >= 0.6 is 0 Å². The highest BCUT2D eigenvalue weighted by Crippen LogP contribution is 2.54. The molecule has 1 saturated heterocycles. The molecule has 3 aliphatic heterocycles. The van der Waals surface area contributed by atoms with Crippen molar-refractivity contribution in [1.29, 1.82) is 0 Å². The van der Waals surface area contributed by atoms with Crippen LogP contribution in [0.4, 0.5) is 19.0 Å². The van der Waals surface area contributed by atoms with Gasteiger partial charge in [-0.1, -0.05) is 6.07 Å². The summed E-state index contributed by atoms with van der Waals surface area (Å²) in [6.45, 7) is 3.28. The second-order valence-electron chi connectivity index (χ2n) is 11.8. The number of ether oxygens (including phenoxy) is 2. The smallest absolute Gasteiger partial charge is 0.416 e. The van der Waals surface area contributed by atoms with E-state index in [4.69, 9.17) is 14.6 Å². The summed E-state index contributed by atoms with van der Waals surface area (Å²) in [7, 11) is 0. The fraction of sp³-hybridized carbons (Fsp3) is 0.406. The fourth-order valence-corrected chi connectivity index (χ4v) is 6.46. The SMILES string of the molecule is O=C1CCc2c(Oc3ccc4c(c3)[C@H]3[C@@H](NC(=O)c5ccc(CN6CCN(CCO)CC6)c(C(F)(F)F)c5)[C@H]3O4)ccnc2N1. The van der Waals surface area contributed by atoms with Gasteiger partial charge >= 0.3 is 6.18 Å². The number of hydrogen-bond acceptors (Lipinski definition) is 8. The first-order valence-corrected chi connectivity index (χ1v) is 15.0. The van der Waals surface area contributed by atoms with Crippen LogP contribution in [0.5, 0.6) is 17.2 Å². The average molecular weight is 624 g/mol. The van der Waals surface area contributed by atoms with Crippen LogP contribution in [0.15, 0.2) is 48.7 Å². The molecule has 7 rings (SSSR count). The van der Waals surface area contributed by atoms with Gasteiger partial charge in [0.1, 0.15) is 29.2 Å². The van der Waals surface area contributed by atoms with Gasteiger partial charge in [-0.15, -0.1) is 0 Å². The number of aliphatic hydroxyl groups is 1. The Kier molecular flexibility index (Phi) is 7.62. The number of hydrogen-bond donors (Lipinski definition) is 3. The Balaban J connectivity index is 1.02. The van der Waals surface area contributed by atoms with E-state index in [-0.39, 0.29) is 48.2 Å². The van der Waals surface area contributed by atoms with Crippen molar-refractivity contribution in [2.75, 3.05) is 44.6 Å². The van der Waals surface area contributed by atoms with Gasteiger partial charge in [-0.05, 0) is 48.4 Å². The zero-order valence-corrected chi connectivity index (χ0v) is 24.3. The van der Waals surface area contributed by atoms with Crippen molar-refractivity contribution in [3.63, 3.8) is 0 Å². The fourth-order valence-electron chi connectivity index (χ4n) is 6.46. The zero-order chi connectivity index (χ0) is 31.3. The lowest BCUT2D eigenvalue weighted by Crippen LogP contribution is -2.46. The van der Waals surface area contributed by atoms with Crippen molar-refractivity contribution in [2.24, 2.45) is 0 Å². The van der Waals surface area contributed by atoms with Gasteiger partial charge in [0.25, 0.3) is 5.91 Å². The summed E-state index contributed by atoms with van der Waals surface area (Å²) >= 11 is 0. The van der Waals surface area contributed by atoms with Gasteiger partial charge < -0.3 is 25.2 Å². The number of alkyl halides is 3. The monoisotopic (exact) mass is 623 g/mol. The Morgan fingerprint density at radius 1 is 1.09 bits per heavy atom. The molecule has 3 aromatic rings. The summed E-state index contributed by atoms with van der Waals surface area (Å²) < 4.78 is 54.5. The first kappa shape index (κ1) is 29.5. The minimum atomic E-state index is -4.61. The van der Waals surface area contributed by atoms with E-state index in [2.05, 4.69) is 20.5 Å². The Hall–Kier alpha value is -4.20. The lowest BCUT2D eigenvalue weighted by atomic mass is 10.0. The van der Waals surface area contributed by atoms with E-state index in [1.54, 1.807) is 24.4 Å². The first-order valence-electron chi connectivity index (χ1n) is 15.0. The van der Waals surface area contributed by atoms with Gasteiger partial charge in [-0.3, -0.25) is 19.4 Å². The van der Waals surface area contributed by atoms with Crippen LogP contribution in [0.3, 0.4) is 0 Å². The Morgan fingerprint density at radius 2 is 1.89 bits per heavy atom. The number of halogens is 3. The molecule has 236 valence electrons. The number of amides is 2. The quantitative estimate of drug-likeness (QED) is 0.349. The molecular weight excluding hydrogens is 591 g/mol. The van der Waals surface area contributed by atoms with Gasteiger partial charge in [0.15, 0.2) is 0 Å². The number of nitrogens with zero attached hydrogens (tertiary/aromatic N) is 3. The number of carbonyl (C=O) groups is 2. The van der Waals surface area contributed by atoms with Crippen molar-refractivity contribution >= 4 is 17.6 Å². The Bertz CT molecular complexity index is 1640. The number of carbonyl (C=O) groups excluding carboxylic acids is 2. The number of aromatic nitrogens is 1. The van der Waals surface area contributed by atoms with Gasteiger partial charge in [0, 0.05) is 68.6 Å². The number of benzene rings is 2. The van der Waals surface area contributed by atoms with E-state index in [1.807, 2.05) is 11.0 Å². The molecule has 2 amide bonds. The molecule has 3 atom stereocenters. The number of fused-ring (bicyclic) bond motifs is 4. The molecule has 1 aromatic heterocycles. The van der Waals surface area contributed by atoms with Crippen LogP contribution in [0.1, 0.15) is 45.0 Å². The van der Waals surface area contributed by atoms with E-state index in [0.717, 1.165) is 17.2 Å².